The average Bonchev–Trinajstić information content (AvgIpc) is 3.14. The van der Waals surface area contributed by atoms with Gasteiger partial charge in [0.25, 0.3) is 0 Å². The van der Waals surface area contributed by atoms with Gasteiger partial charge in [-0.2, -0.15) is 9.57 Å². The van der Waals surface area contributed by atoms with Crippen LogP contribution in [0.2, 0.25) is 0 Å². The van der Waals surface area contributed by atoms with Crippen LogP contribution in [-0.2, 0) is 14.8 Å². The number of thiazole rings is 1. The van der Waals surface area contributed by atoms with E-state index in [1.54, 1.807) is 23.7 Å². The number of nitriles is 1. The zero-order chi connectivity index (χ0) is 17.9. The molecular weight excluding hydrogens is 360 g/mol. The predicted molar refractivity (Wildman–Crippen MR) is 93.4 cm³/mol. The number of piperidine rings is 1. The first-order valence-electron chi connectivity index (χ1n) is 7.72. The first kappa shape index (κ1) is 17.5. The minimum atomic E-state index is -3.74. The standard InChI is InChI=1S/C16H16N4O3S2/c17-11-13-3-1-2-4-14(13)25(22,23)20-8-5-12(6-9-20)15(21)19-16-18-7-10-24-16/h1-4,7,10,12H,5-6,8-9H2,(H,18,19,21). The van der Waals surface area contributed by atoms with E-state index < -0.39 is 10.0 Å². The molecule has 0 radical (unpaired) electrons. The monoisotopic (exact) mass is 376 g/mol. The van der Waals surface area contributed by atoms with E-state index in [1.807, 2.05) is 6.07 Å². The van der Waals surface area contributed by atoms with Gasteiger partial charge in [-0.05, 0) is 25.0 Å². The quantitative estimate of drug-likeness (QED) is 0.880. The van der Waals surface area contributed by atoms with E-state index in [1.165, 1.54) is 27.8 Å². The molecule has 1 aliphatic rings. The fourth-order valence-electron chi connectivity index (χ4n) is 2.77. The topological polar surface area (TPSA) is 103 Å². The lowest BCUT2D eigenvalue weighted by Gasteiger charge is -2.30. The summed E-state index contributed by atoms with van der Waals surface area (Å²) in [7, 11) is -3.74. The Morgan fingerprint density at radius 2 is 2.04 bits per heavy atom. The molecule has 2 heterocycles. The lowest BCUT2D eigenvalue weighted by Crippen LogP contribution is -2.41. The molecule has 1 fully saturated rings. The highest BCUT2D eigenvalue weighted by Gasteiger charge is 2.33. The number of aromatic nitrogens is 1. The molecule has 1 aliphatic heterocycles. The number of hydrogen-bond donors (Lipinski definition) is 1. The van der Waals surface area contributed by atoms with Gasteiger partial charge in [0.2, 0.25) is 15.9 Å². The van der Waals surface area contributed by atoms with E-state index in [2.05, 4.69) is 10.3 Å². The molecule has 130 valence electrons. The molecule has 25 heavy (non-hydrogen) atoms. The number of hydrogen-bond acceptors (Lipinski definition) is 6. The highest BCUT2D eigenvalue weighted by Crippen LogP contribution is 2.26. The zero-order valence-electron chi connectivity index (χ0n) is 13.3. The summed E-state index contributed by atoms with van der Waals surface area (Å²) < 4.78 is 26.9. The third-order valence-corrected chi connectivity index (χ3v) is 6.76. The maximum Gasteiger partial charge on any atom is 0.244 e. The second-order valence-electron chi connectivity index (χ2n) is 5.61. The van der Waals surface area contributed by atoms with E-state index in [9.17, 15) is 13.2 Å². The molecule has 2 aromatic rings. The lowest BCUT2D eigenvalue weighted by molar-refractivity contribution is -0.120. The Balaban J connectivity index is 1.67. The molecule has 1 saturated heterocycles. The van der Waals surface area contributed by atoms with E-state index in [0.717, 1.165) is 0 Å². The van der Waals surface area contributed by atoms with Crippen molar-refractivity contribution in [3.05, 3.63) is 41.4 Å². The third-order valence-electron chi connectivity index (χ3n) is 4.11. The van der Waals surface area contributed by atoms with Gasteiger partial charge in [0.05, 0.1) is 10.5 Å². The number of nitrogens with zero attached hydrogens (tertiary/aromatic N) is 3. The van der Waals surface area contributed by atoms with Crippen LogP contribution in [0.4, 0.5) is 5.13 Å². The molecular formula is C16H16N4O3S2. The summed E-state index contributed by atoms with van der Waals surface area (Å²) in [6.45, 7) is 0.496. The molecule has 0 unspecified atom stereocenters. The molecule has 0 spiro atoms. The molecule has 0 aliphatic carbocycles. The first-order chi connectivity index (χ1) is 12.0. The van der Waals surface area contributed by atoms with Crippen LogP contribution in [0.1, 0.15) is 18.4 Å². The van der Waals surface area contributed by atoms with Crippen LogP contribution in [0.15, 0.2) is 40.7 Å². The molecule has 0 bridgehead atoms. The van der Waals surface area contributed by atoms with Gasteiger partial charge >= 0.3 is 0 Å². The predicted octanol–water partition coefficient (Wildman–Crippen LogP) is 2.05. The number of carbonyl (C=O) groups excluding carboxylic acids is 1. The molecule has 0 atom stereocenters. The van der Waals surface area contributed by atoms with Crippen LogP contribution >= 0.6 is 11.3 Å². The Hall–Kier alpha value is -2.28. The van der Waals surface area contributed by atoms with Crippen molar-refractivity contribution in [1.29, 1.82) is 5.26 Å². The minimum Gasteiger partial charge on any atom is -0.302 e. The van der Waals surface area contributed by atoms with Crippen LogP contribution in [0.25, 0.3) is 0 Å². The van der Waals surface area contributed by atoms with Gasteiger partial charge in [0.15, 0.2) is 5.13 Å². The maximum atomic E-state index is 12.8. The van der Waals surface area contributed by atoms with Crippen LogP contribution in [-0.4, -0.2) is 36.7 Å². The molecule has 9 heteroatoms. The summed E-state index contributed by atoms with van der Waals surface area (Å²) in [6, 6.07) is 8.07. The lowest BCUT2D eigenvalue weighted by atomic mass is 9.97. The summed E-state index contributed by atoms with van der Waals surface area (Å²) in [4.78, 5) is 16.3. The van der Waals surface area contributed by atoms with E-state index in [4.69, 9.17) is 5.26 Å². The van der Waals surface area contributed by atoms with Gasteiger partial charge in [-0.1, -0.05) is 12.1 Å². The Kier molecular flexibility index (Phi) is 5.13. The highest BCUT2D eigenvalue weighted by molar-refractivity contribution is 7.89. The molecule has 0 saturated carbocycles. The number of sulfonamides is 1. The second kappa shape index (κ2) is 7.31. The number of benzene rings is 1. The fourth-order valence-corrected chi connectivity index (χ4v) is 4.92. The Morgan fingerprint density at radius 1 is 1.32 bits per heavy atom. The van der Waals surface area contributed by atoms with Crippen molar-refractivity contribution in [2.24, 2.45) is 5.92 Å². The van der Waals surface area contributed by atoms with Gasteiger partial charge in [0.1, 0.15) is 6.07 Å². The van der Waals surface area contributed by atoms with Gasteiger partial charge in [-0.3, -0.25) is 4.79 Å². The van der Waals surface area contributed by atoms with Crippen molar-refractivity contribution in [3.8, 4) is 6.07 Å². The van der Waals surface area contributed by atoms with E-state index in [0.29, 0.717) is 18.0 Å². The normalized spacial score (nSPS) is 16.3. The first-order valence-corrected chi connectivity index (χ1v) is 10.0. The second-order valence-corrected chi connectivity index (χ2v) is 8.41. The fraction of sp³-hybridized carbons (Fsp3) is 0.312. The third kappa shape index (κ3) is 3.71. The van der Waals surface area contributed by atoms with Crippen LogP contribution in [0.3, 0.4) is 0 Å². The molecule has 1 aromatic heterocycles. The average molecular weight is 376 g/mol. The van der Waals surface area contributed by atoms with Gasteiger partial charge in [0, 0.05) is 30.6 Å². The van der Waals surface area contributed by atoms with Gasteiger partial charge in [-0.25, -0.2) is 13.4 Å². The van der Waals surface area contributed by atoms with Crippen molar-refractivity contribution >= 4 is 32.4 Å². The zero-order valence-corrected chi connectivity index (χ0v) is 14.9. The van der Waals surface area contributed by atoms with Crippen molar-refractivity contribution < 1.29 is 13.2 Å². The summed E-state index contributed by atoms with van der Waals surface area (Å²) in [5.74, 6) is -0.383. The number of nitrogens with one attached hydrogen (secondary N) is 1. The molecule has 1 N–H and O–H groups in total. The van der Waals surface area contributed by atoms with E-state index in [-0.39, 0.29) is 35.4 Å². The molecule has 1 amide bonds. The van der Waals surface area contributed by atoms with Crippen LogP contribution < -0.4 is 5.32 Å². The van der Waals surface area contributed by atoms with Gasteiger partial charge in [-0.15, -0.1) is 11.3 Å². The van der Waals surface area contributed by atoms with Crippen molar-refractivity contribution in [2.45, 2.75) is 17.7 Å². The summed E-state index contributed by atoms with van der Waals surface area (Å²) in [5.41, 5.74) is 0.131. The molecule has 1 aromatic carbocycles. The molecule has 7 nitrogen and oxygen atoms in total. The number of rotatable bonds is 4. The smallest absolute Gasteiger partial charge is 0.244 e. The van der Waals surface area contributed by atoms with Crippen molar-refractivity contribution in [1.82, 2.24) is 9.29 Å². The Labute approximate surface area is 150 Å². The van der Waals surface area contributed by atoms with Crippen molar-refractivity contribution in [2.75, 3.05) is 18.4 Å². The number of amides is 1. The number of anilines is 1. The van der Waals surface area contributed by atoms with Crippen LogP contribution in [0, 0.1) is 17.2 Å². The highest BCUT2D eigenvalue weighted by atomic mass is 32.2. The largest absolute Gasteiger partial charge is 0.302 e. The van der Waals surface area contributed by atoms with E-state index >= 15 is 0 Å². The van der Waals surface area contributed by atoms with Gasteiger partial charge < -0.3 is 5.32 Å². The Bertz CT molecular complexity index is 896. The summed E-state index contributed by atoms with van der Waals surface area (Å²) >= 11 is 1.34. The SMILES string of the molecule is N#Cc1ccccc1S(=O)(=O)N1CCC(C(=O)Nc2nccs2)CC1. The van der Waals surface area contributed by atoms with Crippen molar-refractivity contribution in [3.63, 3.8) is 0 Å². The molecule has 3 rings (SSSR count). The summed E-state index contributed by atoms with van der Waals surface area (Å²) in [5, 5.41) is 14.2. The van der Waals surface area contributed by atoms with Crippen LogP contribution in [0.5, 0.6) is 0 Å². The number of carbonyl (C=O) groups is 1. The summed E-state index contributed by atoms with van der Waals surface area (Å²) in [6.07, 6.45) is 2.48. The minimum absolute atomic E-state index is 0.0168. The Morgan fingerprint density at radius 3 is 2.68 bits per heavy atom. The maximum absolute atomic E-state index is 12.8.